The molecule has 10 heteroatoms. The minimum atomic E-state index is -4.80. The maximum atomic E-state index is 10.2. The van der Waals surface area contributed by atoms with E-state index in [4.69, 9.17) is 30.2 Å². The molecule has 0 bridgehead atoms. The van der Waals surface area contributed by atoms with Crippen molar-refractivity contribution >= 4 is 14.1 Å². The van der Waals surface area contributed by atoms with E-state index in [1.54, 1.807) is 0 Å². The van der Waals surface area contributed by atoms with Crippen LogP contribution < -0.4 is 0 Å². The SMILES string of the molecule is O=CC(O)C(O)C(O)[C@H](O)COP(=O)(O)O. The molecule has 96 valence electrons. The number of aliphatic hydroxyl groups is 4. The molecule has 0 aromatic heterocycles. The lowest BCUT2D eigenvalue weighted by atomic mass is 10.0. The van der Waals surface area contributed by atoms with Crippen molar-refractivity contribution in [3.05, 3.63) is 0 Å². The molecule has 0 aromatic rings. The zero-order valence-electron chi connectivity index (χ0n) is 7.95. The molecule has 3 unspecified atom stereocenters. The van der Waals surface area contributed by atoms with Crippen molar-refractivity contribution in [2.45, 2.75) is 24.4 Å². The summed E-state index contributed by atoms with van der Waals surface area (Å²) >= 11 is 0. The summed E-state index contributed by atoms with van der Waals surface area (Å²) in [5.74, 6) is 0. The Labute approximate surface area is 90.2 Å². The van der Waals surface area contributed by atoms with Gasteiger partial charge in [0.1, 0.15) is 24.4 Å². The predicted octanol–water partition coefficient (Wildman–Crippen LogP) is -3.26. The second-order valence-electron chi connectivity index (χ2n) is 2.96. The zero-order chi connectivity index (χ0) is 12.9. The maximum absolute atomic E-state index is 10.2. The minimum absolute atomic E-state index is 0.0650. The van der Waals surface area contributed by atoms with E-state index in [-0.39, 0.29) is 6.29 Å². The van der Waals surface area contributed by atoms with Gasteiger partial charge in [-0.25, -0.2) is 4.57 Å². The Morgan fingerprint density at radius 3 is 2.00 bits per heavy atom. The molecule has 0 rings (SSSR count). The third-order valence-corrected chi connectivity index (χ3v) is 2.13. The summed E-state index contributed by atoms with van der Waals surface area (Å²) in [6, 6.07) is 0. The Hall–Kier alpha value is -0.380. The third-order valence-electron chi connectivity index (χ3n) is 1.65. The quantitative estimate of drug-likeness (QED) is 0.203. The second-order valence-corrected chi connectivity index (χ2v) is 4.20. The summed E-state index contributed by atoms with van der Waals surface area (Å²) in [7, 11) is -4.80. The van der Waals surface area contributed by atoms with Gasteiger partial charge >= 0.3 is 7.82 Å². The van der Waals surface area contributed by atoms with Crippen LogP contribution in [0.25, 0.3) is 0 Å². The van der Waals surface area contributed by atoms with E-state index in [0.717, 1.165) is 0 Å². The van der Waals surface area contributed by atoms with Gasteiger partial charge in [-0.15, -0.1) is 0 Å². The molecule has 0 aromatic carbocycles. The van der Waals surface area contributed by atoms with Gasteiger partial charge in [-0.3, -0.25) is 4.52 Å². The number of hydrogen-bond acceptors (Lipinski definition) is 7. The number of aliphatic hydroxyl groups excluding tert-OH is 4. The first-order chi connectivity index (χ1) is 7.19. The van der Waals surface area contributed by atoms with Gasteiger partial charge in [0.15, 0.2) is 6.29 Å². The highest BCUT2D eigenvalue weighted by Gasteiger charge is 2.31. The van der Waals surface area contributed by atoms with Gasteiger partial charge in [0.05, 0.1) is 6.61 Å². The van der Waals surface area contributed by atoms with Crippen LogP contribution >= 0.6 is 7.82 Å². The van der Waals surface area contributed by atoms with Crippen molar-refractivity contribution in [3.63, 3.8) is 0 Å². The van der Waals surface area contributed by atoms with Gasteiger partial charge in [0, 0.05) is 0 Å². The van der Waals surface area contributed by atoms with Crippen molar-refractivity contribution in [3.8, 4) is 0 Å². The lowest BCUT2D eigenvalue weighted by Crippen LogP contribution is -2.46. The normalized spacial score (nSPS) is 19.9. The van der Waals surface area contributed by atoms with Crippen LogP contribution in [-0.4, -0.2) is 67.5 Å². The van der Waals surface area contributed by atoms with E-state index in [1.165, 1.54) is 0 Å². The van der Waals surface area contributed by atoms with Crippen LogP contribution in [0.4, 0.5) is 0 Å². The van der Waals surface area contributed by atoms with Crippen molar-refractivity contribution in [1.82, 2.24) is 0 Å². The Bertz CT molecular complexity index is 263. The first-order valence-corrected chi connectivity index (χ1v) is 5.59. The van der Waals surface area contributed by atoms with E-state index in [9.17, 15) is 9.36 Å². The number of carbonyl (C=O) groups excluding carboxylic acids is 1. The third kappa shape index (κ3) is 5.64. The second kappa shape index (κ2) is 6.38. The summed E-state index contributed by atoms with van der Waals surface area (Å²) in [5, 5.41) is 36.1. The summed E-state index contributed by atoms with van der Waals surface area (Å²) in [6.07, 6.45) is -7.80. The highest BCUT2D eigenvalue weighted by molar-refractivity contribution is 7.46. The fraction of sp³-hybridized carbons (Fsp3) is 0.833. The van der Waals surface area contributed by atoms with Crippen molar-refractivity contribution in [2.75, 3.05) is 6.61 Å². The highest BCUT2D eigenvalue weighted by Crippen LogP contribution is 2.35. The molecule has 0 saturated heterocycles. The van der Waals surface area contributed by atoms with Crippen LogP contribution in [0.5, 0.6) is 0 Å². The number of hydrogen-bond donors (Lipinski definition) is 6. The molecular formula is C6H13O9P. The van der Waals surface area contributed by atoms with Crippen LogP contribution in [0, 0.1) is 0 Å². The van der Waals surface area contributed by atoms with Crippen LogP contribution in [0.1, 0.15) is 0 Å². The lowest BCUT2D eigenvalue weighted by molar-refractivity contribution is -0.136. The Kier molecular flexibility index (Phi) is 6.23. The van der Waals surface area contributed by atoms with Crippen LogP contribution in [0.3, 0.4) is 0 Å². The first kappa shape index (κ1) is 15.6. The average Bonchev–Trinajstić information content (AvgIpc) is 2.21. The summed E-state index contributed by atoms with van der Waals surface area (Å²) in [5.41, 5.74) is 0. The van der Waals surface area contributed by atoms with E-state index < -0.39 is 38.8 Å². The molecule has 16 heavy (non-hydrogen) atoms. The maximum Gasteiger partial charge on any atom is 0.469 e. The lowest BCUT2D eigenvalue weighted by Gasteiger charge is -2.23. The van der Waals surface area contributed by atoms with Crippen LogP contribution in [0.2, 0.25) is 0 Å². The fourth-order valence-electron chi connectivity index (χ4n) is 0.782. The van der Waals surface area contributed by atoms with Gasteiger partial charge in [0.25, 0.3) is 0 Å². The Balaban J connectivity index is 4.22. The smallest absolute Gasteiger partial charge is 0.388 e. The number of phosphoric ester groups is 1. The number of rotatable bonds is 7. The number of phosphoric acid groups is 1. The van der Waals surface area contributed by atoms with Crippen LogP contribution in [-0.2, 0) is 13.9 Å². The summed E-state index contributed by atoms with van der Waals surface area (Å²) in [6.45, 7) is -0.964. The van der Waals surface area contributed by atoms with Crippen LogP contribution in [0.15, 0.2) is 0 Å². The van der Waals surface area contributed by atoms with Gasteiger partial charge in [-0.1, -0.05) is 0 Å². The van der Waals surface area contributed by atoms with Gasteiger partial charge in [-0.05, 0) is 0 Å². The largest absolute Gasteiger partial charge is 0.469 e. The molecule has 6 N–H and O–H groups in total. The minimum Gasteiger partial charge on any atom is -0.388 e. The molecule has 0 fully saturated rings. The number of carbonyl (C=O) groups is 1. The zero-order valence-corrected chi connectivity index (χ0v) is 8.84. The molecule has 0 spiro atoms. The van der Waals surface area contributed by atoms with Gasteiger partial charge < -0.3 is 35.0 Å². The molecule has 0 amide bonds. The molecule has 0 saturated carbocycles. The molecule has 0 aliphatic heterocycles. The van der Waals surface area contributed by atoms with Crippen molar-refractivity contribution in [2.24, 2.45) is 0 Å². The summed E-state index contributed by atoms with van der Waals surface area (Å²) < 4.78 is 14.1. The summed E-state index contributed by atoms with van der Waals surface area (Å²) in [4.78, 5) is 26.6. The van der Waals surface area contributed by atoms with Crippen molar-refractivity contribution < 1.29 is 44.1 Å². The average molecular weight is 260 g/mol. The van der Waals surface area contributed by atoms with Crippen molar-refractivity contribution in [1.29, 1.82) is 0 Å². The molecule has 0 heterocycles. The monoisotopic (exact) mass is 260 g/mol. The molecular weight excluding hydrogens is 247 g/mol. The Morgan fingerprint density at radius 1 is 1.12 bits per heavy atom. The van der Waals surface area contributed by atoms with E-state index in [0.29, 0.717) is 0 Å². The molecule has 0 aliphatic carbocycles. The van der Waals surface area contributed by atoms with Gasteiger partial charge in [0.2, 0.25) is 0 Å². The van der Waals surface area contributed by atoms with E-state index >= 15 is 0 Å². The first-order valence-electron chi connectivity index (χ1n) is 4.06. The fourth-order valence-corrected chi connectivity index (χ4v) is 1.13. The predicted molar refractivity (Wildman–Crippen MR) is 48.1 cm³/mol. The molecule has 4 atom stereocenters. The van der Waals surface area contributed by atoms with E-state index in [2.05, 4.69) is 4.52 Å². The Morgan fingerprint density at radius 2 is 1.62 bits per heavy atom. The highest BCUT2D eigenvalue weighted by atomic mass is 31.2. The molecule has 0 aliphatic rings. The topological polar surface area (TPSA) is 165 Å². The van der Waals surface area contributed by atoms with E-state index in [1.807, 2.05) is 0 Å². The molecule has 9 nitrogen and oxygen atoms in total. The number of aldehydes is 1. The standard InChI is InChI=1S/C6H13O9P/c7-1-3(8)5(10)6(11)4(9)2-15-16(12,13)14/h1,3-6,8-11H,2H2,(H2,12,13,14)/t3?,4-,5?,6?/m1/s1. The molecule has 0 radical (unpaired) electrons. The van der Waals surface area contributed by atoms with Gasteiger partial charge in [-0.2, -0.15) is 0 Å².